The summed E-state index contributed by atoms with van der Waals surface area (Å²) in [5.74, 6) is 0.846. The molecule has 0 saturated heterocycles. The normalized spacial score (nSPS) is 16.2. The van der Waals surface area contributed by atoms with Gasteiger partial charge in [0.25, 0.3) is 0 Å². The molecule has 0 N–H and O–H groups in total. The van der Waals surface area contributed by atoms with Gasteiger partial charge in [-0.2, -0.15) is 18.2 Å². The van der Waals surface area contributed by atoms with E-state index in [9.17, 15) is 0 Å². The van der Waals surface area contributed by atoms with Crippen molar-refractivity contribution >= 4 is 28.1 Å². The average molecular weight is 746 g/mol. The zero-order valence-corrected chi connectivity index (χ0v) is 27.4. The van der Waals surface area contributed by atoms with E-state index < -0.39 is 7.92 Å². The summed E-state index contributed by atoms with van der Waals surface area (Å²) in [6, 6.07) is 19.6. The van der Waals surface area contributed by atoms with Gasteiger partial charge in [-0.3, -0.25) is 0 Å². The molecule has 0 spiro atoms. The molecule has 0 radical (unpaired) electrons. The van der Waals surface area contributed by atoms with Crippen LogP contribution in [-0.4, -0.2) is 59.0 Å². The predicted molar refractivity (Wildman–Crippen MR) is 162 cm³/mol. The van der Waals surface area contributed by atoms with Gasteiger partial charge in [0.1, 0.15) is 11.9 Å². The Hall–Kier alpha value is -0.580. The van der Waals surface area contributed by atoms with E-state index in [-0.39, 0.29) is 0 Å². The first-order valence-corrected chi connectivity index (χ1v) is 18.4. The van der Waals surface area contributed by atoms with Gasteiger partial charge in [-0.25, -0.2) is 0 Å². The number of ether oxygens (including phenoxy) is 3. The molecule has 4 nitrogen and oxygen atoms in total. The van der Waals surface area contributed by atoms with E-state index in [1.807, 2.05) is 24.3 Å². The van der Waals surface area contributed by atoms with Gasteiger partial charge in [0.15, 0.2) is 0 Å². The SMILES string of the molecule is CN(C)c1ccccc1[PH+](C1CCCCC1)C1CCCCC1.COCCOCCOc1cc[c-]cc1.[Cl][Au]. The third-order valence-electron chi connectivity index (χ3n) is 7.40. The summed E-state index contributed by atoms with van der Waals surface area (Å²) in [6.45, 7) is 2.39. The van der Waals surface area contributed by atoms with Gasteiger partial charge >= 0.3 is 29.2 Å². The van der Waals surface area contributed by atoms with Crippen LogP contribution in [0.5, 0.6) is 5.75 Å². The zero-order valence-electron chi connectivity index (χ0n) is 23.5. The van der Waals surface area contributed by atoms with E-state index >= 15 is 0 Å². The third-order valence-corrected chi connectivity index (χ3v) is 11.4. The van der Waals surface area contributed by atoms with Gasteiger partial charge in [-0.15, -0.1) is 12.1 Å². The third kappa shape index (κ3) is 12.3. The summed E-state index contributed by atoms with van der Waals surface area (Å²) in [6.07, 6.45) is 14.9. The predicted octanol–water partition coefficient (Wildman–Crippen LogP) is 7.47. The van der Waals surface area contributed by atoms with Crippen molar-refractivity contribution in [1.82, 2.24) is 0 Å². The number of nitrogens with zero attached hydrogens (tertiary/aromatic N) is 1. The molecule has 0 heterocycles. The molecule has 0 bridgehead atoms. The minimum atomic E-state index is -0.439. The van der Waals surface area contributed by atoms with Crippen molar-refractivity contribution < 1.29 is 34.2 Å². The molecular formula is C31H48AuClNO3P. The van der Waals surface area contributed by atoms with Crippen LogP contribution in [0.3, 0.4) is 0 Å². The van der Waals surface area contributed by atoms with E-state index in [1.54, 1.807) is 32.4 Å². The fourth-order valence-corrected chi connectivity index (χ4v) is 10.1. The number of benzene rings is 2. The van der Waals surface area contributed by atoms with Crippen molar-refractivity contribution in [3.8, 4) is 5.75 Å². The summed E-state index contributed by atoms with van der Waals surface area (Å²) in [7, 11) is 10.2. The summed E-state index contributed by atoms with van der Waals surface area (Å²) in [5, 5.41) is 1.75. The van der Waals surface area contributed by atoms with Gasteiger partial charge in [0.05, 0.1) is 36.8 Å². The van der Waals surface area contributed by atoms with E-state index in [0.29, 0.717) is 26.4 Å². The van der Waals surface area contributed by atoms with Crippen LogP contribution in [0.2, 0.25) is 0 Å². The number of hydrogen-bond acceptors (Lipinski definition) is 4. The molecule has 4 rings (SSSR count). The number of halogens is 1. The van der Waals surface area contributed by atoms with Gasteiger partial charge in [-0.05, 0) is 63.5 Å². The van der Waals surface area contributed by atoms with Crippen molar-refractivity contribution in [3.05, 3.63) is 54.6 Å². The second-order valence-corrected chi connectivity index (χ2v) is 13.3. The first kappa shape index (κ1) is 33.6. The minimum absolute atomic E-state index is 0.439. The molecule has 38 heavy (non-hydrogen) atoms. The number of para-hydroxylation sites is 1. The molecule has 2 aromatic carbocycles. The Morgan fingerprint density at radius 2 is 1.37 bits per heavy atom. The maximum absolute atomic E-state index is 5.40. The quantitative estimate of drug-likeness (QED) is 0.103. The van der Waals surface area contributed by atoms with Crippen molar-refractivity contribution in [1.29, 1.82) is 0 Å². The Bertz CT molecular complexity index is 815. The first-order chi connectivity index (χ1) is 18.7. The van der Waals surface area contributed by atoms with E-state index in [2.05, 4.69) is 58.5 Å². The Labute approximate surface area is 249 Å². The summed E-state index contributed by atoms with van der Waals surface area (Å²) in [4.78, 5) is 2.35. The summed E-state index contributed by atoms with van der Waals surface area (Å²) < 4.78 is 15.5. The molecule has 2 aromatic rings. The van der Waals surface area contributed by atoms with Gasteiger partial charge in [0, 0.05) is 34.9 Å². The topological polar surface area (TPSA) is 30.9 Å². The Morgan fingerprint density at radius 1 is 0.816 bits per heavy atom. The second-order valence-electron chi connectivity index (χ2n) is 10.2. The van der Waals surface area contributed by atoms with Crippen LogP contribution in [0.15, 0.2) is 48.5 Å². The van der Waals surface area contributed by atoms with Crippen molar-refractivity contribution in [2.75, 3.05) is 52.5 Å². The molecule has 7 heteroatoms. The number of anilines is 1. The first-order valence-electron chi connectivity index (χ1n) is 14.1. The van der Waals surface area contributed by atoms with Crippen molar-refractivity contribution in [2.24, 2.45) is 0 Å². The molecule has 2 aliphatic carbocycles. The van der Waals surface area contributed by atoms with Crippen LogP contribution < -0.4 is 14.9 Å². The fraction of sp³-hybridized carbons (Fsp3) is 0.613. The molecule has 0 unspecified atom stereocenters. The Kier molecular flexibility index (Phi) is 18.8. The molecule has 0 amide bonds. The van der Waals surface area contributed by atoms with Crippen LogP contribution in [0.1, 0.15) is 64.2 Å². The molecular weight excluding hydrogens is 698 g/mol. The van der Waals surface area contributed by atoms with Gasteiger partial charge in [-0.1, -0.05) is 25.0 Å². The maximum atomic E-state index is 5.40. The molecule has 0 aliphatic heterocycles. The van der Waals surface area contributed by atoms with Crippen LogP contribution in [-0.2, 0) is 29.5 Å². The molecule has 0 aromatic heterocycles. The van der Waals surface area contributed by atoms with E-state index in [4.69, 9.17) is 14.2 Å². The van der Waals surface area contributed by atoms with Crippen LogP contribution in [0.25, 0.3) is 0 Å². The van der Waals surface area contributed by atoms with Crippen molar-refractivity contribution in [3.63, 3.8) is 0 Å². The van der Waals surface area contributed by atoms with Gasteiger partial charge < -0.3 is 19.1 Å². The van der Waals surface area contributed by atoms with Crippen molar-refractivity contribution in [2.45, 2.75) is 75.5 Å². The average Bonchev–Trinajstić information content (AvgIpc) is 2.98. The fourth-order valence-electron chi connectivity index (χ4n) is 5.64. The number of methoxy groups -OCH3 is 1. The van der Waals surface area contributed by atoms with E-state index in [1.165, 1.54) is 69.9 Å². The Balaban J connectivity index is 0.000000274. The summed E-state index contributed by atoms with van der Waals surface area (Å²) >= 11 is 1.75. The molecule has 2 aliphatic rings. The second kappa shape index (κ2) is 21.2. The van der Waals surface area contributed by atoms with E-state index in [0.717, 1.165) is 17.1 Å². The number of hydrogen-bond donors (Lipinski definition) is 0. The summed E-state index contributed by atoms with van der Waals surface area (Å²) in [5.41, 5.74) is 3.57. The molecule has 2 fully saturated rings. The van der Waals surface area contributed by atoms with Crippen LogP contribution >= 0.6 is 17.1 Å². The standard InChI is InChI=1S/C20H32NP.C11H15O3.Au.ClH/c1-21(2)19-15-9-10-16-20(19)22(17-11-5-3-6-12-17)18-13-7-4-8-14-18;1-12-7-8-13-9-10-14-11-5-3-2-4-6-11;;/h9-10,15-18H,3-8,11-14H2,1-2H3;3-6H,7-10H2,1H3;;1H/q;-1;+1;. The zero-order chi connectivity index (χ0) is 27.4. The van der Waals surface area contributed by atoms with Crippen LogP contribution in [0, 0.1) is 6.07 Å². The Morgan fingerprint density at radius 3 is 1.92 bits per heavy atom. The molecule has 0 atom stereocenters. The monoisotopic (exact) mass is 745 g/mol. The molecule has 2 saturated carbocycles. The number of rotatable bonds is 11. The van der Waals surface area contributed by atoms with Crippen LogP contribution in [0.4, 0.5) is 5.69 Å². The van der Waals surface area contributed by atoms with Gasteiger partial charge in [0.2, 0.25) is 0 Å². The molecule has 218 valence electrons.